The van der Waals surface area contributed by atoms with Crippen molar-refractivity contribution in [3.05, 3.63) is 0 Å². The van der Waals surface area contributed by atoms with Crippen molar-refractivity contribution in [2.24, 2.45) is 11.5 Å². The Morgan fingerprint density at radius 3 is 2.60 bits per heavy atom. The van der Waals surface area contributed by atoms with Gasteiger partial charge < -0.3 is 16.6 Å². The third-order valence-electron chi connectivity index (χ3n) is 0.978. The van der Waals surface area contributed by atoms with Crippen LogP contribution in [0.15, 0.2) is 0 Å². The quantitative estimate of drug-likeness (QED) is 0.447. The van der Waals surface area contributed by atoms with Crippen LogP contribution in [0.4, 0.5) is 0 Å². The second kappa shape index (κ2) is 3.84. The molecule has 5 heteroatoms. The summed E-state index contributed by atoms with van der Waals surface area (Å²) < 4.78 is 6.55. The Morgan fingerprint density at radius 1 is 1.70 bits per heavy atom. The number of carboxylic acid groups (broad SMARTS) is 1. The molecule has 0 spiro atoms. The van der Waals surface area contributed by atoms with Crippen LogP contribution in [-0.4, -0.2) is 23.0 Å². The summed E-state index contributed by atoms with van der Waals surface area (Å²) in [6, 6.07) is -1.01. The lowest BCUT2D eigenvalue weighted by atomic mass is 10.2. The highest BCUT2D eigenvalue weighted by Crippen LogP contribution is 1.92. The van der Waals surface area contributed by atoms with Crippen LogP contribution in [0.3, 0.4) is 0 Å². The summed E-state index contributed by atoms with van der Waals surface area (Å²) in [5.74, 6) is -1.72. The number of carbonyl (C=O) groups excluding carboxylic acids is 1. The monoisotopic (exact) mass is 147 g/mol. The maximum atomic E-state index is 10.2. The van der Waals surface area contributed by atoms with Crippen molar-refractivity contribution in [3.63, 3.8) is 0 Å². The molecule has 0 saturated heterocycles. The summed E-state index contributed by atoms with van der Waals surface area (Å²) >= 11 is 0. The number of aliphatic carboxylic acids is 1. The van der Waals surface area contributed by atoms with Crippen molar-refractivity contribution in [2.45, 2.75) is 18.9 Å². The summed E-state index contributed by atoms with van der Waals surface area (Å²) in [6.45, 7) is 0. The van der Waals surface area contributed by atoms with Gasteiger partial charge in [0.05, 0.1) is 0 Å². The molecule has 0 radical (unpaired) electrons. The molecule has 0 unspecified atom stereocenters. The largest absolute Gasteiger partial charge is 0.480 e. The molecule has 0 aliphatic rings. The fourth-order valence-corrected chi connectivity index (χ4v) is 0.410. The zero-order chi connectivity index (χ0) is 8.85. The first-order valence-electron chi connectivity index (χ1n) is 3.26. The zero-order valence-corrected chi connectivity index (χ0v) is 5.33. The zero-order valence-electron chi connectivity index (χ0n) is 6.33. The number of carboxylic acids is 1. The van der Waals surface area contributed by atoms with E-state index in [1.165, 1.54) is 0 Å². The van der Waals surface area contributed by atoms with Crippen LogP contribution in [0.5, 0.6) is 0 Å². The lowest BCUT2D eigenvalue weighted by molar-refractivity contribution is -0.138. The van der Waals surface area contributed by atoms with Crippen molar-refractivity contribution < 1.29 is 16.1 Å². The van der Waals surface area contributed by atoms with E-state index in [0.29, 0.717) is 0 Å². The molecule has 58 valence electrons. The van der Waals surface area contributed by atoms with E-state index in [4.69, 9.17) is 12.3 Å². The van der Waals surface area contributed by atoms with Gasteiger partial charge in [-0.1, -0.05) is 0 Å². The SMILES string of the molecule is [2H]N[C@@H](CCC(N)=O)C(=O)O. The number of nitrogens with two attached hydrogens (primary N) is 2. The highest BCUT2D eigenvalue weighted by Gasteiger charge is 2.11. The highest BCUT2D eigenvalue weighted by atomic mass is 16.4. The van der Waals surface area contributed by atoms with Crippen molar-refractivity contribution in [3.8, 4) is 0 Å². The molecule has 0 fully saturated rings. The second-order valence-electron chi connectivity index (χ2n) is 1.90. The molecule has 0 aromatic heterocycles. The minimum atomic E-state index is -1.15. The van der Waals surface area contributed by atoms with Gasteiger partial charge in [0.1, 0.15) is 7.45 Å². The first-order valence-corrected chi connectivity index (χ1v) is 2.76. The van der Waals surface area contributed by atoms with Gasteiger partial charge in [-0.15, -0.1) is 0 Å². The summed E-state index contributed by atoms with van der Waals surface area (Å²) in [4.78, 5) is 20.4. The van der Waals surface area contributed by atoms with E-state index in [-0.39, 0.29) is 12.8 Å². The van der Waals surface area contributed by atoms with Crippen LogP contribution in [-0.2, 0) is 9.59 Å². The molecule has 5 nitrogen and oxygen atoms in total. The normalized spacial score (nSPS) is 13.8. The van der Waals surface area contributed by atoms with Gasteiger partial charge in [0, 0.05) is 6.42 Å². The number of primary amides is 1. The number of amides is 1. The molecule has 0 aromatic carbocycles. The summed E-state index contributed by atoms with van der Waals surface area (Å²) in [5.41, 5.74) is 6.57. The standard InChI is InChI=1S/C5H10N2O3/c6-3(5(9)10)1-2-4(7)8/h3H,1-2,6H2,(H2,7,8)(H,9,10)/t3-/m0/s1/i/hD. The van der Waals surface area contributed by atoms with Crippen molar-refractivity contribution in [1.29, 1.82) is 0 Å². The Balaban J connectivity index is 3.70. The van der Waals surface area contributed by atoms with Crippen molar-refractivity contribution in [2.75, 3.05) is 0 Å². The first kappa shape index (κ1) is 7.01. The molecule has 5 N–H and O–H groups in total. The van der Waals surface area contributed by atoms with Gasteiger partial charge in [-0.3, -0.25) is 9.59 Å². The molecule has 10 heavy (non-hydrogen) atoms. The van der Waals surface area contributed by atoms with Crippen LogP contribution < -0.4 is 11.5 Å². The Morgan fingerprint density at radius 2 is 2.30 bits per heavy atom. The highest BCUT2D eigenvalue weighted by molar-refractivity contribution is 5.76. The smallest absolute Gasteiger partial charge is 0.320 e. The fraction of sp³-hybridized carbons (Fsp3) is 0.600. The number of hydrogen-bond acceptors (Lipinski definition) is 3. The Bertz CT molecular complexity index is 162. The first-order chi connectivity index (χ1) is 5.07. The Hall–Kier alpha value is -1.10. The topological polar surface area (TPSA) is 106 Å². The van der Waals surface area contributed by atoms with E-state index < -0.39 is 17.9 Å². The number of carbonyl (C=O) groups is 2. The van der Waals surface area contributed by atoms with Gasteiger partial charge in [-0.25, -0.2) is 0 Å². The second-order valence-corrected chi connectivity index (χ2v) is 1.90. The van der Waals surface area contributed by atoms with Gasteiger partial charge in [0.15, 0.2) is 0 Å². The summed E-state index contributed by atoms with van der Waals surface area (Å²) in [5, 5.41) is 8.35. The maximum Gasteiger partial charge on any atom is 0.320 e. The molecule has 0 saturated carbocycles. The van der Waals surface area contributed by atoms with Gasteiger partial charge in [-0.2, -0.15) is 0 Å². The molecule has 0 heterocycles. The van der Waals surface area contributed by atoms with Crippen LogP contribution in [0.25, 0.3) is 0 Å². The Labute approximate surface area is 59.5 Å². The minimum Gasteiger partial charge on any atom is -0.480 e. The molecular formula is C5H10N2O3. The molecule has 0 rings (SSSR count). The van der Waals surface area contributed by atoms with E-state index in [0.717, 1.165) is 0 Å². The minimum absolute atomic E-state index is 0.0250. The summed E-state index contributed by atoms with van der Waals surface area (Å²) in [6.07, 6.45) is 0.0248. The van der Waals surface area contributed by atoms with E-state index in [2.05, 4.69) is 0 Å². The lowest BCUT2D eigenvalue weighted by Crippen LogP contribution is -2.31. The predicted octanol–water partition coefficient (Wildman–Crippen LogP) is -1.34. The fourth-order valence-electron chi connectivity index (χ4n) is 0.410. The van der Waals surface area contributed by atoms with E-state index in [1.807, 2.05) is 0 Å². The molecular weight excluding hydrogens is 136 g/mol. The van der Waals surface area contributed by atoms with Gasteiger partial charge >= 0.3 is 5.97 Å². The van der Waals surface area contributed by atoms with Crippen LogP contribution in [0.1, 0.15) is 12.8 Å². The third-order valence-corrected chi connectivity index (χ3v) is 0.978. The lowest BCUT2D eigenvalue weighted by Gasteiger charge is -2.01. The van der Waals surface area contributed by atoms with Gasteiger partial charge in [-0.05, 0) is 6.42 Å². The number of hydrogen-bond donors (Lipinski definition) is 3. The van der Waals surface area contributed by atoms with Crippen LogP contribution in [0, 0.1) is 0 Å². The Kier molecular flexibility index (Phi) is 2.69. The van der Waals surface area contributed by atoms with E-state index >= 15 is 0 Å². The van der Waals surface area contributed by atoms with Crippen molar-refractivity contribution in [1.82, 2.24) is 0 Å². The maximum absolute atomic E-state index is 10.2. The molecule has 0 bridgehead atoms. The molecule has 0 aliphatic carbocycles. The average Bonchev–Trinajstić information content (AvgIpc) is 1.87. The van der Waals surface area contributed by atoms with E-state index in [9.17, 15) is 9.59 Å². The summed E-state index contributed by atoms with van der Waals surface area (Å²) in [7, 11) is 0. The average molecular weight is 147 g/mol. The third kappa shape index (κ3) is 3.85. The number of rotatable bonds is 5. The van der Waals surface area contributed by atoms with Gasteiger partial charge in [0.25, 0.3) is 0 Å². The van der Waals surface area contributed by atoms with Gasteiger partial charge in [0.2, 0.25) is 5.91 Å². The van der Waals surface area contributed by atoms with E-state index in [1.54, 1.807) is 5.73 Å². The van der Waals surface area contributed by atoms with Crippen molar-refractivity contribution >= 4 is 11.9 Å². The molecule has 0 aromatic rings. The molecule has 0 aliphatic heterocycles. The molecule has 1 amide bonds. The molecule has 1 atom stereocenters. The van der Waals surface area contributed by atoms with Crippen LogP contribution in [0.2, 0.25) is 1.41 Å². The predicted molar refractivity (Wildman–Crippen MR) is 34.0 cm³/mol. The van der Waals surface area contributed by atoms with Crippen LogP contribution >= 0.6 is 0 Å².